The fourth-order valence-corrected chi connectivity index (χ4v) is 5.25. The summed E-state index contributed by atoms with van der Waals surface area (Å²) in [6.45, 7) is 1.90. The van der Waals surface area contributed by atoms with E-state index >= 15 is 0 Å². The molecule has 1 aliphatic rings. The molecule has 5 rings (SSSR count). The second-order valence-electron chi connectivity index (χ2n) is 10.0. The quantitative estimate of drug-likeness (QED) is 0.291. The van der Waals surface area contributed by atoms with E-state index < -0.39 is 17.9 Å². The maximum Gasteiger partial charge on any atom is 0.287 e. The normalized spacial score (nSPS) is 15.8. The molecule has 0 bridgehead atoms. The molecular formula is C31H32ClN5O5. The summed E-state index contributed by atoms with van der Waals surface area (Å²) in [5.74, 6) is -1.26. The number of nitrogens with one attached hydrogen (secondary N) is 2. The number of nitrogens with zero attached hydrogens (tertiary/aromatic N) is 3. The number of benzene rings is 2. The first kappa shape index (κ1) is 29.1. The number of carbonyl (C=O) groups is 3. The molecule has 3 heterocycles. The first-order valence-electron chi connectivity index (χ1n) is 13.7. The van der Waals surface area contributed by atoms with Gasteiger partial charge in [0, 0.05) is 61.2 Å². The Morgan fingerprint density at radius 3 is 2.64 bits per heavy atom. The number of hydrogen-bond donors (Lipinski definition) is 2. The molecule has 2 aromatic carbocycles. The molecule has 0 unspecified atom stereocenters. The van der Waals surface area contributed by atoms with Crippen LogP contribution in [0.1, 0.15) is 16.2 Å². The molecule has 42 heavy (non-hydrogen) atoms. The van der Waals surface area contributed by atoms with Crippen LogP contribution in [0.3, 0.4) is 0 Å². The van der Waals surface area contributed by atoms with Crippen molar-refractivity contribution in [2.45, 2.75) is 18.5 Å². The number of aromatic nitrogens is 1. The number of furan rings is 1. The summed E-state index contributed by atoms with van der Waals surface area (Å²) in [6.07, 6.45) is 1.74. The molecule has 218 valence electrons. The van der Waals surface area contributed by atoms with Crippen LogP contribution in [-0.2, 0) is 20.7 Å². The van der Waals surface area contributed by atoms with Gasteiger partial charge in [-0.3, -0.25) is 19.4 Å². The van der Waals surface area contributed by atoms with E-state index in [0.717, 1.165) is 5.69 Å². The average Bonchev–Trinajstić information content (AvgIpc) is 3.44. The molecule has 3 amide bonds. The third kappa shape index (κ3) is 7.07. The van der Waals surface area contributed by atoms with Crippen LogP contribution in [0, 0.1) is 0 Å². The van der Waals surface area contributed by atoms with Gasteiger partial charge in [-0.05, 0) is 48.5 Å². The Balaban J connectivity index is 1.25. The van der Waals surface area contributed by atoms with E-state index in [1.165, 1.54) is 0 Å². The molecule has 0 aliphatic carbocycles. The third-order valence-electron chi connectivity index (χ3n) is 7.16. The van der Waals surface area contributed by atoms with Crippen LogP contribution < -0.4 is 15.5 Å². The summed E-state index contributed by atoms with van der Waals surface area (Å²) in [7, 11) is 1.60. The van der Waals surface area contributed by atoms with Gasteiger partial charge in [0.1, 0.15) is 11.6 Å². The van der Waals surface area contributed by atoms with E-state index in [0.29, 0.717) is 47.9 Å². The molecule has 0 spiro atoms. The number of piperazine rings is 1. The van der Waals surface area contributed by atoms with Gasteiger partial charge in [0.2, 0.25) is 11.8 Å². The zero-order chi connectivity index (χ0) is 29.5. The molecule has 11 heteroatoms. The molecule has 10 nitrogen and oxygen atoms in total. The maximum absolute atomic E-state index is 13.4. The molecule has 1 saturated heterocycles. The number of para-hydroxylation sites is 1. The molecule has 2 N–H and O–H groups in total. The van der Waals surface area contributed by atoms with E-state index in [4.69, 9.17) is 20.8 Å². The molecule has 0 saturated carbocycles. The highest BCUT2D eigenvalue weighted by Gasteiger charge is 2.31. The lowest BCUT2D eigenvalue weighted by atomic mass is 10.1. The van der Waals surface area contributed by atoms with Crippen molar-refractivity contribution in [1.82, 2.24) is 20.5 Å². The summed E-state index contributed by atoms with van der Waals surface area (Å²) in [5.41, 5.74) is 2.19. The lowest BCUT2D eigenvalue weighted by Gasteiger charge is -2.42. The van der Waals surface area contributed by atoms with Gasteiger partial charge in [-0.1, -0.05) is 35.9 Å². The minimum Gasteiger partial charge on any atom is -0.451 e. The minimum atomic E-state index is -0.998. The monoisotopic (exact) mass is 589 g/mol. The fourth-order valence-electron chi connectivity index (χ4n) is 5.07. The van der Waals surface area contributed by atoms with Gasteiger partial charge < -0.3 is 29.6 Å². The maximum atomic E-state index is 13.4. The van der Waals surface area contributed by atoms with Gasteiger partial charge in [0.25, 0.3) is 5.91 Å². The van der Waals surface area contributed by atoms with Crippen LogP contribution in [0.25, 0.3) is 11.0 Å². The molecule has 2 aromatic heterocycles. The van der Waals surface area contributed by atoms with Gasteiger partial charge >= 0.3 is 0 Å². The first-order valence-corrected chi connectivity index (χ1v) is 14.0. The number of carbonyl (C=O) groups excluding carboxylic acids is 3. The number of fused-ring (bicyclic) bond motifs is 1. The Morgan fingerprint density at radius 2 is 1.88 bits per heavy atom. The van der Waals surface area contributed by atoms with Crippen molar-refractivity contribution in [2.75, 3.05) is 44.8 Å². The number of halogens is 1. The standard InChI is InChI=1S/C31H32ClN5O5/c1-41-20-25-19-36(24-8-3-2-4-9-24)13-14-37(25)29(38)18-34-30(39)26(17-23-7-5-6-12-33-23)35-31(40)28-16-21-15-22(32)10-11-27(21)42-28/h2-12,15-16,25-26H,13-14,17-20H2,1H3,(H,34,39)(H,35,40)/t25-,26-/m0/s1. The molecule has 2 atom stereocenters. The zero-order valence-electron chi connectivity index (χ0n) is 23.2. The second kappa shape index (κ2) is 13.5. The molecule has 1 fully saturated rings. The number of hydrogen-bond acceptors (Lipinski definition) is 7. The number of pyridine rings is 1. The van der Waals surface area contributed by atoms with Crippen LogP contribution in [0.4, 0.5) is 5.69 Å². The van der Waals surface area contributed by atoms with Gasteiger partial charge in [-0.25, -0.2) is 0 Å². The smallest absolute Gasteiger partial charge is 0.287 e. The predicted molar refractivity (Wildman–Crippen MR) is 159 cm³/mol. The van der Waals surface area contributed by atoms with Crippen molar-refractivity contribution in [3.05, 3.63) is 95.5 Å². The van der Waals surface area contributed by atoms with E-state index in [1.807, 2.05) is 30.3 Å². The van der Waals surface area contributed by atoms with E-state index in [9.17, 15) is 14.4 Å². The van der Waals surface area contributed by atoms with Crippen LogP contribution in [0.15, 0.2) is 83.4 Å². The SMILES string of the molecule is COC[C@@H]1CN(c2ccccc2)CCN1C(=O)CNC(=O)[C@H](Cc1ccccn1)NC(=O)c1cc2cc(Cl)ccc2o1. The number of amides is 3. The van der Waals surface area contributed by atoms with Gasteiger partial charge in [-0.2, -0.15) is 0 Å². The lowest BCUT2D eigenvalue weighted by molar-refractivity contribution is -0.136. The summed E-state index contributed by atoms with van der Waals surface area (Å²) < 4.78 is 11.1. The van der Waals surface area contributed by atoms with Crippen molar-refractivity contribution < 1.29 is 23.5 Å². The minimum absolute atomic E-state index is 0.0425. The topological polar surface area (TPSA) is 117 Å². The van der Waals surface area contributed by atoms with Crippen molar-refractivity contribution in [3.8, 4) is 0 Å². The molecule has 4 aromatic rings. The highest BCUT2D eigenvalue weighted by atomic mass is 35.5. The third-order valence-corrected chi connectivity index (χ3v) is 7.40. The number of ether oxygens (including phenoxy) is 1. The Morgan fingerprint density at radius 1 is 1.07 bits per heavy atom. The summed E-state index contributed by atoms with van der Waals surface area (Å²) >= 11 is 6.06. The van der Waals surface area contributed by atoms with E-state index in [-0.39, 0.29) is 30.7 Å². The largest absolute Gasteiger partial charge is 0.451 e. The second-order valence-corrected chi connectivity index (χ2v) is 10.5. The van der Waals surface area contributed by atoms with Crippen molar-refractivity contribution in [3.63, 3.8) is 0 Å². The van der Waals surface area contributed by atoms with Crippen LogP contribution in [-0.4, -0.2) is 79.6 Å². The van der Waals surface area contributed by atoms with Crippen molar-refractivity contribution in [1.29, 1.82) is 0 Å². The number of methoxy groups -OCH3 is 1. The molecule has 0 radical (unpaired) electrons. The van der Waals surface area contributed by atoms with E-state index in [2.05, 4.69) is 20.5 Å². The van der Waals surface area contributed by atoms with Gasteiger partial charge in [-0.15, -0.1) is 0 Å². The highest BCUT2D eigenvalue weighted by molar-refractivity contribution is 6.31. The van der Waals surface area contributed by atoms with E-state index in [1.54, 1.807) is 60.7 Å². The predicted octanol–water partition coefficient (Wildman–Crippen LogP) is 3.30. The van der Waals surface area contributed by atoms with Crippen LogP contribution in [0.5, 0.6) is 0 Å². The first-order chi connectivity index (χ1) is 20.4. The van der Waals surface area contributed by atoms with Gasteiger partial charge in [0.05, 0.1) is 19.2 Å². The summed E-state index contributed by atoms with van der Waals surface area (Å²) in [4.78, 5) is 48.0. The molecular weight excluding hydrogens is 558 g/mol. The Labute approximate surface area is 248 Å². The zero-order valence-corrected chi connectivity index (χ0v) is 23.9. The van der Waals surface area contributed by atoms with Crippen molar-refractivity contribution in [2.24, 2.45) is 0 Å². The highest BCUT2D eigenvalue weighted by Crippen LogP contribution is 2.23. The average molecular weight is 590 g/mol. The summed E-state index contributed by atoms with van der Waals surface area (Å²) in [5, 5.41) is 6.65. The molecule has 1 aliphatic heterocycles. The van der Waals surface area contributed by atoms with Crippen LogP contribution >= 0.6 is 11.6 Å². The van der Waals surface area contributed by atoms with Crippen LogP contribution in [0.2, 0.25) is 5.02 Å². The lowest BCUT2D eigenvalue weighted by Crippen LogP contribution is -2.59. The Hall–Kier alpha value is -4.41. The number of anilines is 1. The summed E-state index contributed by atoms with van der Waals surface area (Å²) in [6, 6.07) is 20.8. The Bertz CT molecular complexity index is 1530. The Kier molecular flexibility index (Phi) is 9.35. The fraction of sp³-hybridized carbons (Fsp3) is 0.290. The van der Waals surface area contributed by atoms with Crippen molar-refractivity contribution >= 4 is 46.0 Å². The number of rotatable bonds is 10. The van der Waals surface area contributed by atoms with Gasteiger partial charge in [0.15, 0.2) is 5.76 Å².